The molecule has 0 bridgehead atoms. The Morgan fingerprint density at radius 1 is 1.28 bits per heavy atom. The van der Waals surface area contributed by atoms with E-state index in [1.807, 2.05) is 13.8 Å². The molecule has 3 nitrogen and oxygen atoms in total. The number of rotatable bonds is 4. The zero-order valence-electron chi connectivity index (χ0n) is 12.7. The van der Waals surface area contributed by atoms with Gasteiger partial charge in [-0.25, -0.2) is 0 Å². The maximum Gasteiger partial charge on any atom is 0.226 e. The van der Waals surface area contributed by atoms with Crippen molar-refractivity contribution in [1.29, 1.82) is 0 Å². The molecule has 18 heavy (non-hydrogen) atoms. The molecule has 106 valence electrons. The lowest BCUT2D eigenvalue weighted by Gasteiger charge is -2.27. The van der Waals surface area contributed by atoms with Crippen molar-refractivity contribution in [3.8, 4) is 0 Å². The van der Waals surface area contributed by atoms with Gasteiger partial charge < -0.3 is 10.6 Å². The summed E-state index contributed by atoms with van der Waals surface area (Å²) in [5.74, 6) is 0.115. The van der Waals surface area contributed by atoms with Crippen molar-refractivity contribution in [2.24, 2.45) is 10.8 Å². The normalized spacial score (nSPS) is 24.4. The highest BCUT2D eigenvalue weighted by Crippen LogP contribution is 2.33. The predicted molar refractivity (Wildman–Crippen MR) is 76.5 cm³/mol. The Labute approximate surface area is 112 Å². The molecule has 0 radical (unpaired) electrons. The van der Waals surface area contributed by atoms with Crippen LogP contribution in [0.1, 0.15) is 59.8 Å². The Kier molecular flexibility index (Phi) is 5.20. The molecule has 0 aliphatic heterocycles. The molecule has 2 N–H and O–H groups in total. The van der Waals surface area contributed by atoms with E-state index in [-0.39, 0.29) is 11.3 Å². The lowest BCUT2D eigenvalue weighted by Crippen LogP contribution is -2.45. The van der Waals surface area contributed by atoms with Crippen LogP contribution in [0.5, 0.6) is 0 Å². The predicted octanol–water partition coefficient (Wildman–Crippen LogP) is 2.71. The standard InChI is InChI=1S/C15H30N2O/c1-14(2)9-6-7-12(8-10-14)17-11-15(3,4)13(18)16-5/h12,17H,6-11H2,1-5H3,(H,16,18). The Morgan fingerprint density at radius 3 is 2.56 bits per heavy atom. The van der Waals surface area contributed by atoms with Crippen LogP contribution in [0.15, 0.2) is 0 Å². The number of amides is 1. The van der Waals surface area contributed by atoms with E-state index in [4.69, 9.17) is 0 Å². The molecule has 1 saturated carbocycles. The van der Waals surface area contributed by atoms with E-state index in [0.717, 1.165) is 6.54 Å². The number of hydrogen-bond donors (Lipinski definition) is 2. The van der Waals surface area contributed by atoms with Crippen molar-refractivity contribution < 1.29 is 4.79 Å². The Hall–Kier alpha value is -0.570. The fourth-order valence-corrected chi connectivity index (χ4v) is 2.68. The van der Waals surface area contributed by atoms with E-state index >= 15 is 0 Å². The van der Waals surface area contributed by atoms with Gasteiger partial charge in [0.15, 0.2) is 0 Å². The van der Waals surface area contributed by atoms with Crippen LogP contribution < -0.4 is 10.6 Å². The quantitative estimate of drug-likeness (QED) is 0.757. The first kappa shape index (κ1) is 15.5. The van der Waals surface area contributed by atoms with Crippen LogP contribution >= 0.6 is 0 Å². The van der Waals surface area contributed by atoms with Crippen molar-refractivity contribution in [3.63, 3.8) is 0 Å². The topological polar surface area (TPSA) is 41.1 Å². The summed E-state index contributed by atoms with van der Waals surface area (Å²) in [7, 11) is 1.71. The number of carbonyl (C=O) groups excluding carboxylic acids is 1. The summed E-state index contributed by atoms with van der Waals surface area (Å²) in [5, 5.41) is 6.33. The average Bonchev–Trinajstić information content (AvgIpc) is 2.46. The summed E-state index contributed by atoms with van der Waals surface area (Å²) < 4.78 is 0. The van der Waals surface area contributed by atoms with Gasteiger partial charge >= 0.3 is 0 Å². The van der Waals surface area contributed by atoms with Gasteiger partial charge in [-0.15, -0.1) is 0 Å². The van der Waals surface area contributed by atoms with Crippen LogP contribution in [0.2, 0.25) is 0 Å². The van der Waals surface area contributed by atoms with Crippen LogP contribution in [0, 0.1) is 10.8 Å². The maximum absolute atomic E-state index is 11.7. The van der Waals surface area contributed by atoms with Crippen molar-refractivity contribution in [2.45, 2.75) is 65.8 Å². The third kappa shape index (κ3) is 4.60. The summed E-state index contributed by atoms with van der Waals surface area (Å²) in [4.78, 5) is 11.7. The van der Waals surface area contributed by atoms with Gasteiger partial charge in [0.1, 0.15) is 0 Å². The molecule has 1 aliphatic carbocycles. The highest BCUT2D eigenvalue weighted by atomic mass is 16.2. The Morgan fingerprint density at radius 2 is 1.94 bits per heavy atom. The molecular weight excluding hydrogens is 224 g/mol. The number of hydrogen-bond acceptors (Lipinski definition) is 2. The summed E-state index contributed by atoms with van der Waals surface area (Å²) >= 11 is 0. The highest BCUT2D eigenvalue weighted by molar-refractivity contribution is 5.81. The Bertz CT molecular complexity index is 284. The molecule has 1 rings (SSSR count). The highest BCUT2D eigenvalue weighted by Gasteiger charge is 2.29. The van der Waals surface area contributed by atoms with Crippen LogP contribution in [0.4, 0.5) is 0 Å². The molecule has 1 atom stereocenters. The van der Waals surface area contributed by atoms with E-state index in [1.54, 1.807) is 7.05 Å². The molecule has 3 heteroatoms. The first-order valence-corrected chi connectivity index (χ1v) is 7.22. The van der Waals surface area contributed by atoms with E-state index in [0.29, 0.717) is 11.5 Å². The van der Waals surface area contributed by atoms with E-state index in [9.17, 15) is 4.79 Å². The molecule has 1 fully saturated rings. The van der Waals surface area contributed by atoms with Crippen molar-refractivity contribution in [3.05, 3.63) is 0 Å². The van der Waals surface area contributed by atoms with Crippen molar-refractivity contribution >= 4 is 5.91 Å². The van der Waals surface area contributed by atoms with Crippen LogP contribution in [-0.4, -0.2) is 25.5 Å². The molecule has 1 amide bonds. The molecule has 0 spiro atoms. The van der Waals surface area contributed by atoms with Gasteiger partial charge in [-0.1, -0.05) is 20.3 Å². The Balaban J connectivity index is 2.42. The van der Waals surface area contributed by atoms with Gasteiger partial charge in [0.25, 0.3) is 0 Å². The fraction of sp³-hybridized carbons (Fsp3) is 0.933. The number of nitrogens with one attached hydrogen (secondary N) is 2. The molecule has 0 heterocycles. The van der Waals surface area contributed by atoms with Gasteiger partial charge in [0, 0.05) is 19.6 Å². The van der Waals surface area contributed by atoms with Gasteiger partial charge in [-0.2, -0.15) is 0 Å². The largest absolute Gasteiger partial charge is 0.359 e. The van der Waals surface area contributed by atoms with Crippen LogP contribution in [0.3, 0.4) is 0 Å². The minimum Gasteiger partial charge on any atom is -0.359 e. The minimum absolute atomic E-state index is 0.115. The van der Waals surface area contributed by atoms with Gasteiger partial charge in [-0.3, -0.25) is 4.79 Å². The van der Waals surface area contributed by atoms with Crippen molar-refractivity contribution in [2.75, 3.05) is 13.6 Å². The summed E-state index contributed by atoms with van der Waals surface area (Å²) in [5.41, 5.74) is 0.170. The van der Waals surface area contributed by atoms with E-state index in [1.165, 1.54) is 32.1 Å². The second-order valence-corrected chi connectivity index (χ2v) is 7.14. The summed E-state index contributed by atoms with van der Waals surface area (Å²) in [6, 6.07) is 0.579. The first-order valence-electron chi connectivity index (χ1n) is 7.22. The fourth-order valence-electron chi connectivity index (χ4n) is 2.68. The van der Waals surface area contributed by atoms with Gasteiger partial charge in [0.2, 0.25) is 5.91 Å². The molecule has 0 aromatic heterocycles. The third-order valence-corrected chi connectivity index (χ3v) is 4.25. The summed E-state index contributed by atoms with van der Waals surface area (Å²) in [6.45, 7) is 9.49. The average molecular weight is 254 g/mol. The molecule has 0 aromatic rings. The van der Waals surface area contributed by atoms with E-state index in [2.05, 4.69) is 24.5 Å². The molecule has 0 saturated heterocycles. The SMILES string of the molecule is CNC(=O)C(C)(C)CNC1CCCC(C)(C)CC1. The first-order chi connectivity index (χ1) is 8.27. The smallest absolute Gasteiger partial charge is 0.226 e. The molecule has 1 aliphatic rings. The zero-order chi connectivity index (χ0) is 13.8. The maximum atomic E-state index is 11.7. The molecule has 0 aromatic carbocycles. The molecular formula is C15H30N2O. The van der Waals surface area contributed by atoms with Gasteiger partial charge in [0.05, 0.1) is 5.41 Å². The monoisotopic (exact) mass is 254 g/mol. The lowest BCUT2D eigenvalue weighted by atomic mass is 9.85. The second-order valence-electron chi connectivity index (χ2n) is 7.14. The second kappa shape index (κ2) is 6.05. The minimum atomic E-state index is -0.323. The van der Waals surface area contributed by atoms with E-state index < -0.39 is 0 Å². The lowest BCUT2D eigenvalue weighted by molar-refractivity contribution is -0.128. The van der Waals surface area contributed by atoms with Crippen molar-refractivity contribution in [1.82, 2.24) is 10.6 Å². The third-order valence-electron chi connectivity index (χ3n) is 4.25. The number of carbonyl (C=O) groups is 1. The van der Waals surface area contributed by atoms with Crippen LogP contribution in [-0.2, 0) is 4.79 Å². The van der Waals surface area contributed by atoms with Crippen LogP contribution in [0.25, 0.3) is 0 Å². The van der Waals surface area contributed by atoms with Gasteiger partial charge in [-0.05, 0) is 44.9 Å². The zero-order valence-corrected chi connectivity index (χ0v) is 12.7. The summed E-state index contributed by atoms with van der Waals surface area (Å²) in [6.07, 6.45) is 6.38. The molecule has 1 unspecified atom stereocenters.